The average Bonchev–Trinajstić information content (AvgIpc) is 3.41. The molecule has 0 saturated heterocycles. The summed E-state index contributed by atoms with van der Waals surface area (Å²) >= 11 is 1.32. The maximum Gasteiger partial charge on any atom is 0.268 e. The first-order valence-electron chi connectivity index (χ1n) is 10.3. The fourth-order valence-electron chi connectivity index (χ4n) is 3.66. The molecule has 0 aliphatic rings. The Kier molecular flexibility index (Phi) is 6.38. The zero-order chi connectivity index (χ0) is 23.4. The molecule has 7 heteroatoms. The molecule has 1 N–H and O–H groups in total. The Balaban J connectivity index is 1.60. The van der Waals surface area contributed by atoms with Crippen LogP contribution in [-0.2, 0) is 4.79 Å². The van der Waals surface area contributed by atoms with Crippen LogP contribution in [0.1, 0.15) is 17.0 Å². The van der Waals surface area contributed by atoms with Crippen LogP contribution < -0.4 is 10.1 Å². The highest BCUT2D eigenvalue weighted by Gasteiger charge is 2.16. The van der Waals surface area contributed by atoms with Gasteiger partial charge in [-0.05, 0) is 43.7 Å². The number of aromatic nitrogens is 2. The van der Waals surface area contributed by atoms with Crippen LogP contribution in [0.5, 0.6) is 5.75 Å². The van der Waals surface area contributed by atoms with Crippen LogP contribution in [0.3, 0.4) is 0 Å². The Morgan fingerprint density at radius 3 is 2.61 bits per heavy atom. The molecule has 0 fully saturated rings. The molecular formula is C26H22N4O2S. The summed E-state index contributed by atoms with van der Waals surface area (Å²) in [5.41, 5.74) is 5.30. The molecule has 6 nitrogen and oxygen atoms in total. The summed E-state index contributed by atoms with van der Waals surface area (Å²) < 4.78 is 7.55. The number of ether oxygens (including phenoxy) is 1. The second-order valence-corrected chi connectivity index (χ2v) is 8.22. The Labute approximate surface area is 196 Å². The summed E-state index contributed by atoms with van der Waals surface area (Å²) in [6.07, 6.45) is 1.61. The molecule has 0 radical (unpaired) electrons. The first-order chi connectivity index (χ1) is 16.0. The number of para-hydroxylation sites is 2. The van der Waals surface area contributed by atoms with Crippen molar-refractivity contribution in [2.45, 2.75) is 13.8 Å². The van der Waals surface area contributed by atoms with Gasteiger partial charge in [-0.25, -0.2) is 4.98 Å². The topological polar surface area (TPSA) is 79.9 Å². The van der Waals surface area contributed by atoms with Crippen LogP contribution >= 0.6 is 11.3 Å². The summed E-state index contributed by atoms with van der Waals surface area (Å²) in [6.45, 7) is 3.93. The van der Waals surface area contributed by atoms with E-state index in [1.54, 1.807) is 13.2 Å². The first-order valence-corrected chi connectivity index (χ1v) is 11.2. The van der Waals surface area contributed by atoms with E-state index in [9.17, 15) is 10.1 Å². The monoisotopic (exact) mass is 454 g/mol. The number of nitriles is 1. The van der Waals surface area contributed by atoms with E-state index in [0.29, 0.717) is 5.13 Å². The van der Waals surface area contributed by atoms with E-state index < -0.39 is 5.91 Å². The van der Waals surface area contributed by atoms with E-state index in [1.807, 2.05) is 90.5 Å². The molecule has 2 heterocycles. The molecule has 0 aliphatic carbocycles. The normalized spacial score (nSPS) is 11.2. The zero-order valence-corrected chi connectivity index (χ0v) is 19.3. The summed E-state index contributed by atoms with van der Waals surface area (Å²) in [6, 6.07) is 21.4. The highest BCUT2D eigenvalue weighted by Crippen LogP contribution is 2.29. The zero-order valence-electron chi connectivity index (χ0n) is 18.5. The van der Waals surface area contributed by atoms with Crippen molar-refractivity contribution in [2.75, 3.05) is 12.4 Å². The SMILES string of the molecule is COc1ccccc1-n1c(C)cc(/C=C(/C#N)C(=O)Nc2nc(-c3ccccc3)cs2)c1C. The molecule has 2 aromatic carbocycles. The number of aryl methyl sites for hydroxylation is 1. The maximum atomic E-state index is 12.8. The molecule has 2 aromatic heterocycles. The number of thiazole rings is 1. The standard InChI is InChI=1S/C26H22N4O2S/c1-17-13-20(18(2)30(17)23-11-7-8-12-24(23)32-3)14-21(15-27)25(31)29-26-28-22(16-33-26)19-9-5-4-6-10-19/h4-14,16H,1-3H3,(H,28,29,31)/b21-14-. The third kappa shape index (κ3) is 4.56. The number of hydrogen-bond donors (Lipinski definition) is 1. The van der Waals surface area contributed by atoms with Gasteiger partial charge in [0.25, 0.3) is 5.91 Å². The lowest BCUT2D eigenvalue weighted by molar-refractivity contribution is -0.112. The number of nitrogens with zero attached hydrogens (tertiary/aromatic N) is 3. The molecule has 1 amide bonds. The molecule has 0 bridgehead atoms. The van der Waals surface area contributed by atoms with Crippen molar-refractivity contribution in [2.24, 2.45) is 0 Å². The first kappa shape index (κ1) is 22.1. The van der Waals surface area contributed by atoms with Crippen LogP contribution in [0.25, 0.3) is 23.0 Å². The van der Waals surface area contributed by atoms with E-state index in [4.69, 9.17) is 4.74 Å². The molecule has 33 heavy (non-hydrogen) atoms. The van der Waals surface area contributed by atoms with E-state index in [1.165, 1.54) is 11.3 Å². The molecule has 0 unspecified atom stereocenters. The van der Waals surface area contributed by atoms with Crippen LogP contribution in [-0.4, -0.2) is 22.6 Å². The highest BCUT2D eigenvalue weighted by molar-refractivity contribution is 7.14. The van der Waals surface area contributed by atoms with Crippen molar-refractivity contribution in [1.29, 1.82) is 5.26 Å². The second kappa shape index (κ2) is 9.55. The highest BCUT2D eigenvalue weighted by atomic mass is 32.1. The molecule has 0 atom stereocenters. The Hall–Kier alpha value is -4.15. The maximum absolute atomic E-state index is 12.8. The lowest BCUT2D eigenvalue weighted by atomic mass is 10.1. The van der Waals surface area contributed by atoms with Gasteiger partial charge in [-0.2, -0.15) is 5.26 Å². The third-order valence-corrected chi connectivity index (χ3v) is 6.01. The summed E-state index contributed by atoms with van der Waals surface area (Å²) in [5.74, 6) is 0.250. The number of carbonyl (C=O) groups excluding carboxylic acids is 1. The van der Waals surface area contributed by atoms with Gasteiger partial charge in [0.1, 0.15) is 17.4 Å². The lowest BCUT2D eigenvalue weighted by Crippen LogP contribution is -2.13. The van der Waals surface area contributed by atoms with E-state index >= 15 is 0 Å². The fraction of sp³-hybridized carbons (Fsp3) is 0.115. The number of methoxy groups -OCH3 is 1. The number of benzene rings is 2. The number of nitrogens with one attached hydrogen (secondary N) is 1. The Bertz CT molecular complexity index is 1380. The van der Waals surface area contributed by atoms with Crippen molar-refractivity contribution in [3.8, 4) is 28.8 Å². The van der Waals surface area contributed by atoms with Gasteiger partial charge < -0.3 is 9.30 Å². The second-order valence-electron chi connectivity index (χ2n) is 7.36. The van der Waals surface area contributed by atoms with Crippen molar-refractivity contribution < 1.29 is 9.53 Å². The van der Waals surface area contributed by atoms with Gasteiger partial charge in [0.15, 0.2) is 5.13 Å². The predicted octanol–water partition coefficient (Wildman–Crippen LogP) is 5.77. The van der Waals surface area contributed by atoms with Gasteiger partial charge in [-0.3, -0.25) is 10.1 Å². The van der Waals surface area contributed by atoms with E-state index in [0.717, 1.165) is 39.6 Å². The van der Waals surface area contributed by atoms with Crippen LogP contribution in [0, 0.1) is 25.2 Å². The van der Waals surface area contributed by atoms with Gasteiger partial charge in [0.2, 0.25) is 0 Å². The Morgan fingerprint density at radius 2 is 1.88 bits per heavy atom. The molecule has 0 spiro atoms. The number of carbonyl (C=O) groups is 1. The van der Waals surface area contributed by atoms with Crippen molar-refractivity contribution in [3.63, 3.8) is 0 Å². The largest absolute Gasteiger partial charge is 0.495 e. The van der Waals surface area contributed by atoms with E-state index in [2.05, 4.69) is 10.3 Å². The fourth-order valence-corrected chi connectivity index (χ4v) is 4.37. The predicted molar refractivity (Wildman–Crippen MR) is 132 cm³/mol. The smallest absolute Gasteiger partial charge is 0.268 e. The Morgan fingerprint density at radius 1 is 1.15 bits per heavy atom. The van der Waals surface area contributed by atoms with Gasteiger partial charge in [-0.15, -0.1) is 11.3 Å². The number of anilines is 1. The number of rotatable bonds is 6. The van der Waals surface area contributed by atoms with Gasteiger partial charge >= 0.3 is 0 Å². The van der Waals surface area contributed by atoms with Gasteiger partial charge in [-0.1, -0.05) is 42.5 Å². The van der Waals surface area contributed by atoms with Crippen molar-refractivity contribution >= 4 is 28.5 Å². The average molecular weight is 455 g/mol. The van der Waals surface area contributed by atoms with Crippen molar-refractivity contribution in [1.82, 2.24) is 9.55 Å². The number of hydrogen-bond acceptors (Lipinski definition) is 5. The molecule has 0 saturated carbocycles. The molecule has 164 valence electrons. The van der Waals surface area contributed by atoms with Gasteiger partial charge in [0.05, 0.1) is 18.5 Å². The van der Waals surface area contributed by atoms with Gasteiger partial charge in [0, 0.05) is 22.3 Å². The summed E-state index contributed by atoms with van der Waals surface area (Å²) in [4.78, 5) is 17.3. The minimum absolute atomic E-state index is 0.00624. The lowest BCUT2D eigenvalue weighted by Gasteiger charge is -2.13. The quantitative estimate of drug-likeness (QED) is 0.296. The summed E-state index contributed by atoms with van der Waals surface area (Å²) in [7, 11) is 1.63. The van der Waals surface area contributed by atoms with Crippen LogP contribution in [0.2, 0.25) is 0 Å². The minimum atomic E-state index is -0.492. The number of amides is 1. The molecule has 0 aliphatic heterocycles. The third-order valence-electron chi connectivity index (χ3n) is 5.26. The van der Waals surface area contributed by atoms with Crippen LogP contribution in [0.15, 0.2) is 71.6 Å². The summed E-state index contributed by atoms with van der Waals surface area (Å²) in [5, 5.41) is 14.7. The van der Waals surface area contributed by atoms with Crippen LogP contribution in [0.4, 0.5) is 5.13 Å². The minimum Gasteiger partial charge on any atom is -0.495 e. The molecule has 4 rings (SSSR count). The van der Waals surface area contributed by atoms with Crippen molar-refractivity contribution in [3.05, 3.63) is 88.6 Å². The van der Waals surface area contributed by atoms with E-state index in [-0.39, 0.29) is 5.57 Å². The molecule has 4 aromatic rings. The molecular weight excluding hydrogens is 432 g/mol.